The van der Waals surface area contributed by atoms with Crippen molar-refractivity contribution in [1.29, 1.82) is 0 Å². The van der Waals surface area contributed by atoms with Crippen LogP contribution in [-0.2, 0) is 11.2 Å². The molecule has 2 aromatic rings. The van der Waals surface area contributed by atoms with Crippen molar-refractivity contribution >= 4 is 11.9 Å². The Kier molecular flexibility index (Phi) is 5.58. The van der Waals surface area contributed by atoms with Gasteiger partial charge in [0.25, 0.3) is 0 Å². The third kappa shape index (κ3) is 4.13. The second kappa shape index (κ2) is 7.64. The van der Waals surface area contributed by atoms with Gasteiger partial charge in [-0.15, -0.1) is 0 Å². The predicted molar refractivity (Wildman–Crippen MR) is 91.3 cm³/mol. The van der Waals surface area contributed by atoms with Crippen molar-refractivity contribution in [3.63, 3.8) is 0 Å². The Morgan fingerprint density at radius 1 is 1.17 bits per heavy atom. The standard InChI is InChI=1S/C19H21NO4/c1-13(15-7-9-17(24-3)10-8-15)20(2)18(21)12-14-5-4-6-16(11-14)19(22)23/h4-11,13H,12H2,1-3H3,(H,22,23)/t13-/m1/s1. The lowest BCUT2D eigenvalue weighted by Gasteiger charge is -2.25. The summed E-state index contributed by atoms with van der Waals surface area (Å²) in [4.78, 5) is 25.2. The molecular weight excluding hydrogens is 306 g/mol. The van der Waals surface area contributed by atoms with E-state index in [-0.39, 0.29) is 23.9 Å². The molecule has 0 spiro atoms. The molecule has 1 atom stereocenters. The Morgan fingerprint density at radius 2 is 1.83 bits per heavy atom. The molecule has 0 saturated heterocycles. The lowest BCUT2D eigenvalue weighted by molar-refractivity contribution is -0.131. The lowest BCUT2D eigenvalue weighted by atomic mass is 10.0. The van der Waals surface area contributed by atoms with Crippen LogP contribution in [0.25, 0.3) is 0 Å². The molecule has 0 radical (unpaired) electrons. The highest BCUT2D eigenvalue weighted by molar-refractivity contribution is 5.88. The van der Waals surface area contributed by atoms with Gasteiger partial charge in [-0.05, 0) is 42.3 Å². The summed E-state index contributed by atoms with van der Waals surface area (Å²) >= 11 is 0. The van der Waals surface area contributed by atoms with Crippen LogP contribution in [0, 0.1) is 0 Å². The molecule has 2 rings (SSSR count). The fraction of sp³-hybridized carbons (Fsp3) is 0.263. The van der Waals surface area contributed by atoms with Gasteiger partial charge in [0, 0.05) is 7.05 Å². The van der Waals surface area contributed by atoms with E-state index in [9.17, 15) is 9.59 Å². The van der Waals surface area contributed by atoms with Crippen LogP contribution in [0.3, 0.4) is 0 Å². The Hall–Kier alpha value is -2.82. The highest BCUT2D eigenvalue weighted by Gasteiger charge is 2.18. The number of carbonyl (C=O) groups excluding carboxylic acids is 1. The maximum atomic E-state index is 12.5. The molecule has 0 heterocycles. The number of ether oxygens (including phenoxy) is 1. The number of hydrogen-bond acceptors (Lipinski definition) is 3. The zero-order valence-electron chi connectivity index (χ0n) is 14.0. The fourth-order valence-electron chi connectivity index (χ4n) is 2.44. The summed E-state index contributed by atoms with van der Waals surface area (Å²) in [5, 5.41) is 9.03. The average molecular weight is 327 g/mol. The molecular formula is C19H21NO4. The molecule has 126 valence electrons. The molecule has 0 aliphatic heterocycles. The summed E-state index contributed by atoms with van der Waals surface area (Å²) in [6, 6.07) is 13.9. The van der Waals surface area contributed by atoms with Gasteiger partial charge in [-0.3, -0.25) is 4.79 Å². The van der Waals surface area contributed by atoms with Crippen LogP contribution in [0.15, 0.2) is 48.5 Å². The molecule has 5 heteroatoms. The summed E-state index contributed by atoms with van der Waals surface area (Å²) in [7, 11) is 3.36. The Balaban J connectivity index is 2.07. The minimum Gasteiger partial charge on any atom is -0.497 e. The van der Waals surface area contributed by atoms with Crippen LogP contribution in [0.2, 0.25) is 0 Å². The number of nitrogens with zero attached hydrogens (tertiary/aromatic N) is 1. The van der Waals surface area contributed by atoms with Gasteiger partial charge in [-0.25, -0.2) is 4.79 Å². The minimum absolute atomic E-state index is 0.0687. The number of aromatic carboxylic acids is 1. The van der Waals surface area contributed by atoms with Gasteiger partial charge < -0.3 is 14.7 Å². The van der Waals surface area contributed by atoms with E-state index < -0.39 is 5.97 Å². The molecule has 1 N–H and O–H groups in total. The van der Waals surface area contributed by atoms with E-state index >= 15 is 0 Å². The molecule has 2 aromatic carbocycles. The summed E-state index contributed by atoms with van der Waals surface area (Å²) < 4.78 is 5.14. The van der Waals surface area contributed by atoms with E-state index in [0.29, 0.717) is 5.56 Å². The molecule has 24 heavy (non-hydrogen) atoms. The van der Waals surface area contributed by atoms with Gasteiger partial charge in [-0.2, -0.15) is 0 Å². The van der Waals surface area contributed by atoms with Crippen LogP contribution >= 0.6 is 0 Å². The fourth-order valence-corrected chi connectivity index (χ4v) is 2.44. The number of rotatable bonds is 6. The van der Waals surface area contributed by atoms with Gasteiger partial charge in [-0.1, -0.05) is 24.3 Å². The van der Waals surface area contributed by atoms with Gasteiger partial charge in [0.05, 0.1) is 25.1 Å². The normalized spacial score (nSPS) is 11.6. The molecule has 0 aliphatic rings. The maximum absolute atomic E-state index is 12.5. The van der Waals surface area contributed by atoms with Crippen molar-refractivity contribution in [1.82, 2.24) is 4.90 Å². The third-order valence-corrected chi connectivity index (χ3v) is 4.10. The van der Waals surface area contributed by atoms with E-state index in [1.54, 1.807) is 31.2 Å². The second-order valence-corrected chi connectivity index (χ2v) is 5.64. The van der Waals surface area contributed by atoms with Crippen molar-refractivity contribution < 1.29 is 19.4 Å². The zero-order valence-corrected chi connectivity index (χ0v) is 14.0. The summed E-state index contributed by atoms with van der Waals surface area (Å²) in [5.41, 5.74) is 1.88. The molecule has 1 amide bonds. The number of hydrogen-bond donors (Lipinski definition) is 1. The Morgan fingerprint density at radius 3 is 2.42 bits per heavy atom. The average Bonchev–Trinajstić information content (AvgIpc) is 2.60. The number of amides is 1. The third-order valence-electron chi connectivity index (χ3n) is 4.10. The van der Waals surface area contributed by atoms with Gasteiger partial charge in [0.1, 0.15) is 5.75 Å². The Bertz CT molecular complexity index is 724. The molecule has 0 unspecified atom stereocenters. The van der Waals surface area contributed by atoms with Crippen LogP contribution in [0.1, 0.15) is 34.5 Å². The number of methoxy groups -OCH3 is 1. The van der Waals surface area contributed by atoms with Crippen LogP contribution in [-0.4, -0.2) is 36.0 Å². The first kappa shape index (κ1) is 17.5. The first-order valence-corrected chi connectivity index (χ1v) is 7.64. The number of carbonyl (C=O) groups is 2. The van der Waals surface area contributed by atoms with E-state index in [4.69, 9.17) is 9.84 Å². The number of carboxylic acid groups (broad SMARTS) is 1. The van der Waals surface area contributed by atoms with Crippen molar-refractivity contribution in [3.8, 4) is 5.75 Å². The molecule has 0 aromatic heterocycles. The number of benzene rings is 2. The first-order valence-electron chi connectivity index (χ1n) is 7.64. The van der Waals surface area contributed by atoms with Gasteiger partial charge >= 0.3 is 5.97 Å². The largest absolute Gasteiger partial charge is 0.497 e. The zero-order chi connectivity index (χ0) is 17.7. The van der Waals surface area contributed by atoms with E-state index in [0.717, 1.165) is 11.3 Å². The molecule has 0 aliphatic carbocycles. The molecule has 0 saturated carbocycles. The number of carboxylic acids is 1. The topological polar surface area (TPSA) is 66.8 Å². The number of likely N-dealkylation sites (N-methyl/N-ethyl adjacent to an activating group) is 1. The molecule has 0 bridgehead atoms. The van der Waals surface area contributed by atoms with Gasteiger partial charge in [0.2, 0.25) is 5.91 Å². The summed E-state index contributed by atoms with van der Waals surface area (Å²) in [6.07, 6.45) is 0.165. The minimum atomic E-state index is -0.996. The van der Waals surface area contributed by atoms with Crippen LogP contribution < -0.4 is 4.74 Å². The summed E-state index contributed by atoms with van der Waals surface area (Å²) in [6.45, 7) is 1.95. The lowest BCUT2D eigenvalue weighted by Crippen LogP contribution is -2.31. The van der Waals surface area contributed by atoms with Gasteiger partial charge in [0.15, 0.2) is 0 Å². The van der Waals surface area contributed by atoms with Crippen molar-refractivity contribution in [2.24, 2.45) is 0 Å². The Labute approximate surface area is 141 Å². The van der Waals surface area contributed by atoms with Crippen molar-refractivity contribution in [2.75, 3.05) is 14.2 Å². The quantitative estimate of drug-likeness (QED) is 0.885. The molecule has 0 fully saturated rings. The molecule has 5 nitrogen and oxygen atoms in total. The highest BCUT2D eigenvalue weighted by Crippen LogP contribution is 2.22. The van der Waals surface area contributed by atoms with E-state index in [2.05, 4.69) is 0 Å². The second-order valence-electron chi connectivity index (χ2n) is 5.64. The monoisotopic (exact) mass is 327 g/mol. The first-order chi connectivity index (χ1) is 11.4. The van der Waals surface area contributed by atoms with Crippen LogP contribution in [0.5, 0.6) is 5.75 Å². The van der Waals surface area contributed by atoms with E-state index in [1.165, 1.54) is 12.1 Å². The smallest absolute Gasteiger partial charge is 0.335 e. The van der Waals surface area contributed by atoms with Crippen molar-refractivity contribution in [2.45, 2.75) is 19.4 Å². The van der Waals surface area contributed by atoms with Crippen LogP contribution in [0.4, 0.5) is 0 Å². The highest BCUT2D eigenvalue weighted by atomic mass is 16.5. The predicted octanol–water partition coefficient (Wildman–Crippen LogP) is 3.16. The van der Waals surface area contributed by atoms with E-state index in [1.807, 2.05) is 31.2 Å². The maximum Gasteiger partial charge on any atom is 0.335 e. The SMILES string of the molecule is COc1ccc([C@@H](C)N(C)C(=O)Cc2cccc(C(=O)O)c2)cc1. The van der Waals surface area contributed by atoms with Crippen molar-refractivity contribution in [3.05, 3.63) is 65.2 Å². The summed E-state index contributed by atoms with van der Waals surface area (Å²) in [5.74, 6) is -0.296.